The van der Waals surface area contributed by atoms with Gasteiger partial charge < -0.3 is 4.90 Å². The molecule has 0 amide bonds. The predicted octanol–water partition coefficient (Wildman–Crippen LogP) is 2.01. The van der Waals surface area contributed by atoms with Crippen molar-refractivity contribution in [1.82, 2.24) is 4.90 Å². The zero-order chi connectivity index (χ0) is 6.69. The van der Waals surface area contributed by atoms with E-state index in [-0.39, 0.29) is 0 Å². The van der Waals surface area contributed by atoms with Gasteiger partial charge in [-0.15, -0.1) is 0 Å². The molecule has 0 aromatic carbocycles. The van der Waals surface area contributed by atoms with Gasteiger partial charge >= 0.3 is 0 Å². The second kappa shape index (κ2) is 2.90. The lowest BCUT2D eigenvalue weighted by molar-refractivity contribution is 0.387. The third kappa shape index (κ3) is 1.26. The highest BCUT2D eigenvalue weighted by Crippen LogP contribution is 2.16. The zero-order valence-electron chi connectivity index (χ0n) is 6.35. The van der Waals surface area contributed by atoms with E-state index in [1.807, 2.05) is 0 Å². The molecule has 0 N–H and O–H groups in total. The van der Waals surface area contributed by atoms with Crippen LogP contribution < -0.4 is 0 Å². The standard InChI is InChI=1S/C8H15N/c1-3-8-6-5-7-9(8)4-2/h6H,3-5,7H2,1-2H3. The lowest BCUT2D eigenvalue weighted by Gasteiger charge is -2.18. The van der Waals surface area contributed by atoms with Gasteiger partial charge in [0.25, 0.3) is 0 Å². The third-order valence-corrected chi connectivity index (χ3v) is 1.93. The minimum absolute atomic E-state index is 1.18. The van der Waals surface area contributed by atoms with Gasteiger partial charge in [0.15, 0.2) is 0 Å². The van der Waals surface area contributed by atoms with Gasteiger partial charge in [0.1, 0.15) is 0 Å². The van der Waals surface area contributed by atoms with E-state index in [2.05, 4.69) is 24.8 Å². The Bertz CT molecular complexity index is 116. The zero-order valence-corrected chi connectivity index (χ0v) is 6.35. The van der Waals surface area contributed by atoms with Crippen molar-refractivity contribution >= 4 is 0 Å². The molecule has 9 heavy (non-hydrogen) atoms. The van der Waals surface area contributed by atoms with Gasteiger partial charge in [-0.1, -0.05) is 13.0 Å². The molecule has 0 spiro atoms. The lowest BCUT2D eigenvalue weighted by Crippen LogP contribution is -2.18. The monoisotopic (exact) mass is 125 g/mol. The topological polar surface area (TPSA) is 3.24 Å². The summed E-state index contributed by atoms with van der Waals surface area (Å²) in [6.07, 6.45) is 4.81. The van der Waals surface area contributed by atoms with E-state index in [0.717, 1.165) is 0 Å². The average molecular weight is 125 g/mol. The van der Waals surface area contributed by atoms with Crippen LogP contribution in [0.15, 0.2) is 11.8 Å². The van der Waals surface area contributed by atoms with E-state index in [9.17, 15) is 0 Å². The molecular weight excluding hydrogens is 110 g/mol. The van der Waals surface area contributed by atoms with Gasteiger partial charge in [0.2, 0.25) is 0 Å². The van der Waals surface area contributed by atoms with E-state index in [0.29, 0.717) is 0 Å². The molecule has 0 saturated heterocycles. The largest absolute Gasteiger partial charge is 0.375 e. The van der Waals surface area contributed by atoms with Gasteiger partial charge in [-0.25, -0.2) is 0 Å². The van der Waals surface area contributed by atoms with Crippen LogP contribution in [-0.2, 0) is 0 Å². The molecule has 1 aliphatic rings. The molecule has 0 bridgehead atoms. The summed E-state index contributed by atoms with van der Waals surface area (Å²) in [5.41, 5.74) is 1.54. The molecule has 0 aliphatic carbocycles. The maximum atomic E-state index is 2.44. The Morgan fingerprint density at radius 3 is 2.78 bits per heavy atom. The Morgan fingerprint density at radius 2 is 2.33 bits per heavy atom. The summed E-state index contributed by atoms with van der Waals surface area (Å²) < 4.78 is 0. The molecule has 1 rings (SSSR count). The molecule has 1 aliphatic heterocycles. The molecule has 0 fully saturated rings. The molecule has 1 heterocycles. The first-order valence-corrected chi connectivity index (χ1v) is 3.82. The van der Waals surface area contributed by atoms with Gasteiger partial charge in [-0.05, 0) is 19.8 Å². The van der Waals surface area contributed by atoms with Crippen LogP contribution in [-0.4, -0.2) is 18.0 Å². The van der Waals surface area contributed by atoms with Crippen molar-refractivity contribution in [3.63, 3.8) is 0 Å². The van der Waals surface area contributed by atoms with Crippen molar-refractivity contribution < 1.29 is 0 Å². The molecule has 0 radical (unpaired) electrons. The second-order valence-electron chi connectivity index (χ2n) is 2.42. The number of allylic oxidation sites excluding steroid dienone is 1. The number of hydrogen-bond donors (Lipinski definition) is 0. The summed E-state index contributed by atoms with van der Waals surface area (Å²) >= 11 is 0. The summed E-state index contributed by atoms with van der Waals surface area (Å²) in [5.74, 6) is 0. The van der Waals surface area contributed by atoms with E-state index >= 15 is 0 Å². The SMILES string of the molecule is CCC1=CCCN1CC. The van der Waals surface area contributed by atoms with Crippen LogP contribution in [0.4, 0.5) is 0 Å². The van der Waals surface area contributed by atoms with Gasteiger partial charge in [-0.2, -0.15) is 0 Å². The highest BCUT2D eigenvalue weighted by Gasteiger charge is 2.09. The molecule has 0 unspecified atom stereocenters. The molecule has 0 aromatic rings. The van der Waals surface area contributed by atoms with Crippen LogP contribution in [0.1, 0.15) is 26.7 Å². The maximum Gasteiger partial charge on any atom is 0.0210 e. The normalized spacial score (nSPS) is 18.4. The van der Waals surface area contributed by atoms with Crippen LogP contribution in [0, 0.1) is 0 Å². The first-order chi connectivity index (χ1) is 4.38. The fourth-order valence-corrected chi connectivity index (χ4v) is 1.39. The fraction of sp³-hybridized carbons (Fsp3) is 0.750. The Morgan fingerprint density at radius 1 is 1.56 bits per heavy atom. The highest BCUT2D eigenvalue weighted by atomic mass is 15.1. The molecular formula is C8H15N. The van der Waals surface area contributed by atoms with Crippen molar-refractivity contribution in [3.8, 4) is 0 Å². The van der Waals surface area contributed by atoms with Gasteiger partial charge in [0.05, 0.1) is 0 Å². The summed E-state index contributed by atoms with van der Waals surface area (Å²) in [6, 6.07) is 0. The maximum absolute atomic E-state index is 2.44. The van der Waals surface area contributed by atoms with E-state index in [1.54, 1.807) is 0 Å². The van der Waals surface area contributed by atoms with Crippen molar-refractivity contribution in [2.45, 2.75) is 26.7 Å². The first-order valence-electron chi connectivity index (χ1n) is 3.82. The van der Waals surface area contributed by atoms with Crippen LogP contribution in [0.2, 0.25) is 0 Å². The predicted molar refractivity (Wildman–Crippen MR) is 40.2 cm³/mol. The quantitative estimate of drug-likeness (QED) is 0.545. The molecule has 52 valence electrons. The Labute approximate surface area is 57.4 Å². The van der Waals surface area contributed by atoms with Gasteiger partial charge in [-0.3, -0.25) is 0 Å². The fourth-order valence-electron chi connectivity index (χ4n) is 1.39. The second-order valence-corrected chi connectivity index (χ2v) is 2.42. The molecule has 1 nitrogen and oxygen atoms in total. The van der Waals surface area contributed by atoms with Gasteiger partial charge in [0, 0.05) is 18.8 Å². The molecule has 0 saturated carbocycles. The first kappa shape index (κ1) is 6.66. The number of hydrogen-bond acceptors (Lipinski definition) is 1. The number of nitrogens with zero attached hydrogens (tertiary/aromatic N) is 1. The summed E-state index contributed by atoms with van der Waals surface area (Å²) in [7, 11) is 0. The minimum Gasteiger partial charge on any atom is -0.375 e. The molecule has 0 atom stereocenters. The van der Waals surface area contributed by atoms with Crippen molar-refractivity contribution in [2.24, 2.45) is 0 Å². The smallest absolute Gasteiger partial charge is 0.0210 e. The summed E-state index contributed by atoms with van der Waals surface area (Å²) in [5, 5.41) is 0. The summed E-state index contributed by atoms with van der Waals surface area (Å²) in [4.78, 5) is 2.44. The van der Waals surface area contributed by atoms with Crippen LogP contribution in [0.5, 0.6) is 0 Å². The third-order valence-electron chi connectivity index (χ3n) is 1.93. The Balaban J connectivity index is 2.47. The number of rotatable bonds is 2. The van der Waals surface area contributed by atoms with Crippen molar-refractivity contribution in [3.05, 3.63) is 11.8 Å². The van der Waals surface area contributed by atoms with E-state index in [4.69, 9.17) is 0 Å². The molecule has 1 heteroatoms. The summed E-state index contributed by atoms with van der Waals surface area (Å²) in [6.45, 7) is 6.87. The van der Waals surface area contributed by atoms with Crippen molar-refractivity contribution in [1.29, 1.82) is 0 Å². The van der Waals surface area contributed by atoms with Crippen molar-refractivity contribution in [2.75, 3.05) is 13.1 Å². The van der Waals surface area contributed by atoms with E-state index < -0.39 is 0 Å². The van der Waals surface area contributed by atoms with Crippen LogP contribution >= 0.6 is 0 Å². The minimum atomic E-state index is 1.18. The average Bonchev–Trinajstić information content (AvgIpc) is 2.33. The Hall–Kier alpha value is -0.460. The molecule has 0 aromatic heterocycles. The van der Waals surface area contributed by atoms with Crippen LogP contribution in [0.3, 0.4) is 0 Å². The Kier molecular flexibility index (Phi) is 2.15. The van der Waals surface area contributed by atoms with E-state index in [1.165, 1.54) is 31.6 Å². The highest BCUT2D eigenvalue weighted by molar-refractivity contribution is 5.06. The lowest BCUT2D eigenvalue weighted by atomic mass is 10.3. The van der Waals surface area contributed by atoms with Crippen LogP contribution in [0.25, 0.3) is 0 Å².